The number of hydrogen-bond acceptors (Lipinski definition) is 4. The molecule has 15 heavy (non-hydrogen) atoms. The molecule has 84 valence electrons. The zero-order valence-corrected chi connectivity index (χ0v) is 9.65. The van der Waals surface area contributed by atoms with Crippen molar-refractivity contribution in [3.05, 3.63) is 11.6 Å². The third-order valence-corrected chi connectivity index (χ3v) is 2.19. The van der Waals surface area contributed by atoms with Gasteiger partial charge < -0.3 is 4.74 Å². The Hall–Kier alpha value is -1.39. The summed E-state index contributed by atoms with van der Waals surface area (Å²) in [6, 6.07) is 0. The summed E-state index contributed by atoms with van der Waals surface area (Å²) in [5.41, 5.74) is 0. The van der Waals surface area contributed by atoms with Crippen molar-refractivity contribution in [2.24, 2.45) is 7.05 Å². The Balaban J connectivity index is 2.91. The number of ether oxygens (including phenoxy) is 1. The van der Waals surface area contributed by atoms with Crippen molar-refractivity contribution >= 4 is 5.97 Å². The quantitative estimate of drug-likeness (QED) is 0.702. The third-order valence-electron chi connectivity index (χ3n) is 2.19. The van der Waals surface area contributed by atoms with Crippen LogP contribution in [0.1, 0.15) is 37.8 Å². The molecule has 0 fully saturated rings. The smallest absolute Gasteiger partial charge is 0.316 e. The van der Waals surface area contributed by atoms with Gasteiger partial charge in [0.05, 0.1) is 6.61 Å². The highest BCUT2D eigenvalue weighted by atomic mass is 16.5. The Labute approximate surface area is 89.5 Å². The Morgan fingerprint density at radius 2 is 2.20 bits per heavy atom. The van der Waals surface area contributed by atoms with Crippen LogP contribution in [0.4, 0.5) is 0 Å². The Morgan fingerprint density at radius 3 is 2.60 bits per heavy atom. The molecule has 0 aliphatic carbocycles. The molecule has 0 aliphatic heterocycles. The van der Waals surface area contributed by atoms with E-state index in [2.05, 4.69) is 10.1 Å². The van der Waals surface area contributed by atoms with Crippen molar-refractivity contribution in [2.75, 3.05) is 6.61 Å². The molecule has 1 heterocycles. The van der Waals surface area contributed by atoms with Gasteiger partial charge in [0.2, 0.25) is 0 Å². The fraction of sp³-hybridized carbons (Fsp3) is 0.700. The topological polar surface area (TPSA) is 57.0 Å². The summed E-state index contributed by atoms with van der Waals surface area (Å²) in [5, 5.41) is 4.12. The second-order valence-corrected chi connectivity index (χ2v) is 3.35. The van der Waals surface area contributed by atoms with Gasteiger partial charge in [-0.3, -0.25) is 9.48 Å². The van der Waals surface area contributed by atoms with Crippen LogP contribution in [0.5, 0.6) is 0 Å². The van der Waals surface area contributed by atoms with Crippen LogP contribution >= 0.6 is 0 Å². The standard InChI is InChI=1S/C10H17N3O2/c1-5-8(10(14)15-6-2)9-11-7(3)12-13(9)4/h8H,5-6H2,1-4H3. The molecule has 1 unspecified atom stereocenters. The molecule has 0 N–H and O–H groups in total. The number of carbonyl (C=O) groups excluding carboxylic acids is 1. The van der Waals surface area contributed by atoms with Gasteiger partial charge in [-0.15, -0.1) is 0 Å². The van der Waals surface area contributed by atoms with Gasteiger partial charge in [-0.2, -0.15) is 5.10 Å². The predicted octanol–water partition coefficient (Wildman–Crippen LogP) is 1.18. The number of aryl methyl sites for hydroxylation is 2. The summed E-state index contributed by atoms with van der Waals surface area (Å²) in [4.78, 5) is 15.9. The maximum absolute atomic E-state index is 11.6. The van der Waals surface area contributed by atoms with Gasteiger partial charge in [0.1, 0.15) is 17.6 Å². The Bertz CT molecular complexity index is 346. The zero-order chi connectivity index (χ0) is 11.4. The summed E-state index contributed by atoms with van der Waals surface area (Å²) < 4.78 is 6.63. The van der Waals surface area contributed by atoms with E-state index in [4.69, 9.17) is 4.74 Å². The molecule has 0 aromatic carbocycles. The summed E-state index contributed by atoms with van der Waals surface area (Å²) in [6.45, 7) is 5.94. The predicted molar refractivity (Wildman–Crippen MR) is 55.4 cm³/mol. The van der Waals surface area contributed by atoms with Crippen LogP contribution in [0, 0.1) is 6.92 Å². The number of hydrogen-bond donors (Lipinski definition) is 0. The maximum Gasteiger partial charge on any atom is 0.316 e. The van der Waals surface area contributed by atoms with Gasteiger partial charge in [-0.25, -0.2) is 4.98 Å². The van der Waals surface area contributed by atoms with Crippen molar-refractivity contribution in [1.29, 1.82) is 0 Å². The molecule has 5 nitrogen and oxygen atoms in total. The van der Waals surface area contributed by atoms with E-state index in [0.29, 0.717) is 24.7 Å². The third kappa shape index (κ3) is 2.55. The maximum atomic E-state index is 11.6. The first kappa shape index (κ1) is 11.7. The van der Waals surface area contributed by atoms with E-state index < -0.39 is 0 Å². The summed E-state index contributed by atoms with van der Waals surface area (Å²) in [6.07, 6.45) is 0.671. The van der Waals surface area contributed by atoms with Gasteiger partial charge in [0.15, 0.2) is 0 Å². The SMILES string of the molecule is CCOC(=O)C(CC)c1nc(C)nn1C. The zero-order valence-electron chi connectivity index (χ0n) is 9.65. The fourth-order valence-corrected chi connectivity index (χ4v) is 1.53. The van der Waals surface area contributed by atoms with Gasteiger partial charge in [-0.05, 0) is 20.3 Å². The number of nitrogens with zero attached hydrogens (tertiary/aromatic N) is 3. The molecule has 0 saturated heterocycles. The largest absolute Gasteiger partial charge is 0.465 e. The lowest BCUT2D eigenvalue weighted by molar-refractivity contribution is -0.145. The fourth-order valence-electron chi connectivity index (χ4n) is 1.53. The van der Waals surface area contributed by atoms with Crippen LogP contribution in [0.3, 0.4) is 0 Å². The molecular formula is C10H17N3O2. The minimum Gasteiger partial charge on any atom is -0.465 e. The van der Waals surface area contributed by atoms with Gasteiger partial charge in [-0.1, -0.05) is 6.92 Å². The van der Waals surface area contributed by atoms with Crippen LogP contribution in [0.2, 0.25) is 0 Å². The van der Waals surface area contributed by atoms with Crippen molar-refractivity contribution < 1.29 is 9.53 Å². The first-order chi connectivity index (χ1) is 7.10. The molecule has 1 aromatic rings. The minimum absolute atomic E-state index is 0.226. The highest BCUT2D eigenvalue weighted by Crippen LogP contribution is 2.18. The van der Waals surface area contributed by atoms with Crippen LogP contribution in [-0.4, -0.2) is 27.3 Å². The lowest BCUT2D eigenvalue weighted by atomic mass is 10.1. The van der Waals surface area contributed by atoms with E-state index in [1.54, 1.807) is 25.6 Å². The van der Waals surface area contributed by atoms with Crippen LogP contribution < -0.4 is 0 Å². The van der Waals surface area contributed by atoms with E-state index in [1.807, 2.05) is 6.92 Å². The van der Waals surface area contributed by atoms with Gasteiger partial charge in [0.25, 0.3) is 0 Å². The number of esters is 1. The molecular weight excluding hydrogens is 194 g/mol. The van der Waals surface area contributed by atoms with Crippen LogP contribution in [-0.2, 0) is 16.6 Å². The molecule has 0 saturated carbocycles. The van der Waals surface area contributed by atoms with E-state index in [1.165, 1.54) is 0 Å². The molecule has 0 amide bonds. The highest BCUT2D eigenvalue weighted by molar-refractivity contribution is 5.76. The minimum atomic E-state index is -0.309. The molecule has 5 heteroatoms. The summed E-state index contributed by atoms with van der Waals surface area (Å²) >= 11 is 0. The van der Waals surface area contributed by atoms with Crippen molar-refractivity contribution in [2.45, 2.75) is 33.1 Å². The molecule has 1 rings (SSSR count). The first-order valence-corrected chi connectivity index (χ1v) is 5.14. The molecule has 1 atom stereocenters. The summed E-state index contributed by atoms with van der Waals surface area (Å²) in [7, 11) is 1.79. The average Bonchev–Trinajstić information content (AvgIpc) is 2.47. The molecule has 0 spiro atoms. The van der Waals surface area contributed by atoms with E-state index >= 15 is 0 Å². The molecule has 0 aliphatic rings. The lowest BCUT2D eigenvalue weighted by Crippen LogP contribution is -2.19. The second kappa shape index (κ2) is 4.91. The monoisotopic (exact) mass is 211 g/mol. The number of aromatic nitrogens is 3. The normalized spacial score (nSPS) is 12.5. The lowest BCUT2D eigenvalue weighted by Gasteiger charge is -2.11. The number of carbonyl (C=O) groups is 1. The van der Waals surface area contributed by atoms with Crippen molar-refractivity contribution in [3.63, 3.8) is 0 Å². The molecule has 0 bridgehead atoms. The second-order valence-electron chi connectivity index (χ2n) is 3.35. The van der Waals surface area contributed by atoms with E-state index in [9.17, 15) is 4.79 Å². The van der Waals surface area contributed by atoms with E-state index in [0.717, 1.165) is 0 Å². The molecule has 1 aromatic heterocycles. The van der Waals surface area contributed by atoms with Crippen molar-refractivity contribution in [3.8, 4) is 0 Å². The van der Waals surface area contributed by atoms with Crippen LogP contribution in [0.15, 0.2) is 0 Å². The first-order valence-electron chi connectivity index (χ1n) is 5.14. The Morgan fingerprint density at radius 1 is 1.53 bits per heavy atom. The average molecular weight is 211 g/mol. The highest BCUT2D eigenvalue weighted by Gasteiger charge is 2.24. The number of rotatable bonds is 4. The summed E-state index contributed by atoms with van der Waals surface area (Å²) in [5.74, 6) is 0.815. The van der Waals surface area contributed by atoms with Crippen molar-refractivity contribution in [1.82, 2.24) is 14.8 Å². The van der Waals surface area contributed by atoms with E-state index in [-0.39, 0.29) is 11.9 Å². The van der Waals surface area contributed by atoms with Gasteiger partial charge >= 0.3 is 5.97 Å². The molecule has 0 radical (unpaired) electrons. The van der Waals surface area contributed by atoms with Gasteiger partial charge in [0, 0.05) is 7.05 Å². The Kier molecular flexibility index (Phi) is 3.82. The van der Waals surface area contributed by atoms with Crippen LogP contribution in [0.25, 0.3) is 0 Å².